The Bertz CT molecular complexity index is 329. The fourth-order valence-corrected chi connectivity index (χ4v) is 3.17. The van der Waals surface area contributed by atoms with E-state index in [4.69, 9.17) is 9.73 Å². The first-order chi connectivity index (χ1) is 11.8. The summed E-state index contributed by atoms with van der Waals surface area (Å²) in [6, 6.07) is 0. The summed E-state index contributed by atoms with van der Waals surface area (Å²) < 4.78 is 5.54. The van der Waals surface area contributed by atoms with Crippen molar-refractivity contribution in [2.45, 2.75) is 71.6 Å². The first-order valence-electron chi connectivity index (χ1n) is 9.97. The monoisotopic (exact) mass is 341 g/mol. The normalized spacial score (nSPS) is 21.2. The van der Waals surface area contributed by atoms with Crippen LogP contribution in [0.25, 0.3) is 0 Å². The van der Waals surface area contributed by atoms with Gasteiger partial charge in [0.15, 0.2) is 5.96 Å². The molecule has 0 aromatic heterocycles. The largest absolute Gasteiger partial charge is 0.396 e. The molecule has 24 heavy (non-hydrogen) atoms. The number of aliphatic hydroxyl groups excluding tert-OH is 1. The Labute approximate surface area is 148 Å². The highest BCUT2D eigenvalue weighted by atomic mass is 16.5. The fraction of sp³-hybridized carbons (Fsp3) is 0.947. The van der Waals surface area contributed by atoms with Gasteiger partial charge in [-0.2, -0.15) is 0 Å². The molecule has 0 radical (unpaired) electrons. The standard InChI is InChI=1S/C19H39N3O2/c1-3-5-6-7-8-9-10-13-21-18(20-4-2)22-16-19(11-14-23)12-15-24-17-19/h23H,3-17H2,1-2H3,(H2,20,21,22). The van der Waals surface area contributed by atoms with Crippen LogP contribution in [0.1, 0.15) is 71.6 Å². The van der Waals surface area contributed by atoms with Crippen LogP contribution in [-0.4, -0.2) is 50.5 Å². The number of hydrogen-bond donors (Lipinski definition) is 3. The number of guanidine groups is 1. The molecule has 0 bridgehead atoms. The Kier molecular flexibility index (Phi) is 11.9. The first-order valence-corrected chi connectivity index (χ1v) is 9.97. The third-order valence-corrected chi connectivity index (χ3v) is 4.82. The molecule has 1 saturated heterocycles. The molecule has 1 unspecified atom stereocenters. The molecule has 1 aliphatic rings. The van der Waals surface area contributed by atoms with Gasteiger partial charge in [-0.3, -0.25) is 4.99 Å². The Hall–Kier alpha value is -0.810. The summed E-state index contributed by atoms with van der Waals surface area (Å²) in [5.74, 6) is 0.896. The van der Waals surface area contributed by atoms with Crippen LogP contribution in [-0.2, 0) is 4.74 Å². The average Bonchev–Trinajstić information content (AvgIpc) is 3.04. The van der Waals surface area contributed by atoms with Gasteiger partial charge in [-0.1, -0.05) is 45.4 Å². The van der Waals surface area contributed by atoms with Gasteiger partial charge in [0.1, 0.15) is 0 Å². The van der Waals surface area contributed by atoms with Crippen molar-refractivity contribution in [2.24, 2.45) is 10.4 Å². The minimum absolute atomic E-state index is 0.0242. The van der Waals surface area contributed by atoms with E-state index in [1.165, 1.54) is 44.9 Å². The fourth-order valence-electron chi connectivity index (χ4n) is 3.17. The molecular formula is C19H39N3O2. The van der Waals surface area contributed by atoms with Crippen molar-refractivity contribution in [3.8, 4) is 0 Å². The smallest absolute Gasteiger partial charge is 0.191 e. The molecular weight excluding hydrogens is 302 g/mol. The van der Waals surface area contributed by atoms with E-state index in [0.29, 0.717) is 6.61 Å². The molecule has 0 spiro atoms. The Morgan fingerprint density at radius 3 is 2.46 bits per heavy atom. The van der Waals surface area contributed by atoms with Crippen molar-refractivity contribution < 1.29 is 9.84 Å². The van der Waals surface area contributed by atoms with Gasteiger partial charge >= 0.3 is 0 Å². The zero-order valence-corrected chi connectivity index (χ0v) is 15.9. The predicted molar refractivity (Wildman–Crippen MR) is 102 cm³/mol. The minimum atomic E-state index is 0.0242. The van der Waals surface area contributed by atoms with Crippen molar-refractivity contribution in [3.63, 3.8) is 0 Å². The van der Waals surface area contributed by atoms with E-state index in [0.717, 1.165) is 45.0 Å². The summed E-state index contributed by atoms with van der Waals surface area (Å²) in [6.45, 7) is 8.63. The zero-order chi connectivity index (χ0) is 17.5. The van der Waals surface area contributed by atoms with Crippen molar-refractivity contribution in [3.05, 3.63) is 0 Å². The number of rotatable bonds is 13. The molecule has 1 atom stereocenters. The molecule has 3 N–H and O–H groups in total. The lowest BCUT2D eigenvalue weighted by molar-refractivity contribution is 0.131. The molecule has 0 saturated carbocycles. The lowest BCUT2D eigenvalue weighted by Crippen LogP contribution is -2.39. The van der Waals surface area contributed by atoms with Crippen LogP contribution in [0, 0.1) is 5.41 Å². The summed E-state index contributed by atoms with van der Waals surface area (Å²) in [4.78, 5) is 4.75. The second kappa shape index (κ2) is 13.5. The molecule has 0 aromatic carbocycles. The quantitative estimate of drug-likeness (QED) is 0.274. The number of nitrogens with one attached hydrogen (secondary N) is 2. The second-order valence-corrected chi connectivity index (χ2v) is 7.02. The van der Waals surface area contributed by atoms with Crippen molar-refractivity contribution >= 4 is 5.96 Å². The number of ether oxygens (including phenoxy) is 1. The van der Waals surface area contributed by atoms with Crippen molar-refractivity contribution in [1.29, 1.82) is 0 Å². The van der Waals surface area contributed by atoms with Crippen LogP contribution >= 0.6 is 0 Å². The molecule has 1 fully saturated rings. The lowest BCUT2D eigenvalue weighted by Gasteiger charge is -2.24. The highest BCUT2D eigenvalue weighted by Crippen LogP contribution is 2.32. The van der Waals surface area contributed by atoms with E-state index < -0.39 is 0 Å². The van der Waals surface area contributed by atoms with Crippen LogP contribution in [0.5, 0.6) is 0 Å². The maximum absolute atomic E-state index is 9.30. The highest BCUT2D eigenvalue weighted by molar-refractivity contribution is 5.79. The van der Waals surface area contributed by atoms with E-state index >= 15 is 0 Å². The maximum atomic E-state index is 9.30. The molecule has 0 amide bonds. The van der Waals surface area contributed by atoms with Crippen LogP contribution in [0.15, 0.2) is 4.99 Å². The third kappa shape index (κ3) is 8.88. The summed E-state index contributed by atoms with van der Waals surface area (Å²) >= 11 is 0. The molecule has 1 rings (SSSR count). The molecule has 142 valence electrons. The summed E-state index contributed by atoms with van der Waals surface area (Å²) in [5.41, 5.74) is 0.0242. The van der Waals surface area contributed by atoms with E-state index in [1.807, 2.05) is 0 Å². The van der Waals surface area contributed by atoms with E-state index in [-0.39, 0.29) is 12.0 Å². The van der Waals surface area contributed by atoms with E-state index in [1.54, 1.807) is 0 Å². The Morgan fingerprint density at radius 2 is 1.83 bits per heavy atom. The van der Waals surface area contributed by atoms with Crippen molar-refractivity contribution in [2.75, 3.05) is 39.5 Å². The number of hydrogen-bond acceptors (Lipinski definition) is 3. The highest BCUT2D eigenvalue weighted by Gasteiger charge is 2.34. The van der Waals surface area contributed by atoms with Gasteiger partial charge in [0, 0.05) is 31.7 Å². The van der Waals surface area contributed by atoms with E-state index in [2.05, 4.69) is 24.5 Å². The number of unbranched alkanes of at least 4 members (excludes halogenated alkanes) is 6. The summed E-state index contributed by atoms with van der Waals surface area (Å²) in [5, 5.41) is 16.1. The first kappa shape index (κ1) is 21.2. The van der Waals surface area contributed by atoms with Crippen LogP contribution in [0.3, 0.4) is 0 Å². The average molecular weight is 342 g/mol. The summed E-state index contributed by atoms with van der Waals surface area (Å²) in [7, 11) is 0. The molecule has 1 aliphatic heterocycles. The van der Waals surface area contributed by atoms with Gasteiger partial charge < -0.3 is 20.5 Å². The van der Waals surface area contributed by atoms with Crippen molar-refractivity contribution in [1.82, 2.24) is 10.6 Å². The van der Waals surface area contributed by atoms with Crippen LogP contribution in [0.2, 0.25) is 0 Å². The Balaban J connectivity index is 2.26. The topological polar surface area (TPSA) is 65.9 Å². The van der Waals surface area contributed by atoms with Gasteiger partial charge in [-0.05, 0) is 26.2 Å². The Morgan fingerprint density at radius 1 is 1.08 bits per heavy atom. The second-order valence-electron chi connectivity index (χ2n) is 7.02. The SMILES string of the molecule is CCCCCCCCCNC(=NCC1(CCO)CCOC1)NCC. The van der Waals surface area contributed by atoms with Crippen LogP contribution in [0.4, 0.5) is 0 Å². The maximum Gasteiger partial charge on any atom is 0.191 e. The minimum Gasteiger partial charge on any atom is -0.396 e. The molecule has 5 heteroatoms. The van der Waals surface area contributed by atoms with E-state index in [9.17, 15) is 5.11 Å². The summed E-state index contributed by atoms with van der Waals surface area (Å²) in [6.07, 6.45) is 11.0. The number of nitrogens with zero attached hydrogens (tertiary/aromatic N) is 1. The zero-order valence-electron chi connectivity index (χ0n) is 15.9. The molecule has 0 aliphatic carbocycles. The van der Waals surface area contributed by atoms with Gasteiger partial charge in [0.25, 0.3) is 0 Å². The number of aliphatic hydroxyl groups is 1. The van der Waals surface area contributed by atoms with Gasteiger partial charge in [-0.25, -0.2) is 0 Å². The predicted octanol–water partition coefficient (Wildman–Crippen LogP) is 3.08. The van der Waals surface area contributed by atoms with Gasteiger partial charge in [0.05, 0.1) is 13.2 Å². The lowest BCUT2D eigenvalue weighted by atomic mass is 9.84. The molecule has 0 aromatic rings. The van der Waals surface area contributed by atoms with Crippen LogP contribution < -0.4 is 10.6 Å². The molecule has 1 heterocycles. The third-order valence-electron chi connectivity index (χ3n) is 4.82. The number of aliphatic imine (C=N–C) groups is 1. The van der Waals surface area contributed by atoms with Gasteiger partial charge in [0.2, 0.25) is 0 Å². The van der Waals surface area contributed by atoms with Gasteiger partial charge in [-0.15, -0.1) is 0 Å². The molecule has 5 nitrogen and oxygen atoms in total.